The van der Waals surface area contributed by atoms with Crippen LogP contribution in [0.1, 0.15) is 26.2 Å². The first-order chi connectivity index (χ1) is 7.15. The Bertz CT molecular complexity index is 327. The van der Waals surface area contributed by atoms with Crippen LogP contribution < -0.4 is 5.32 Å². The maximum absolute atomic E-state index is 11.5. The second-order valence-corrected chi connectivity index (χ2v) is 3.71. The predicted octanol–water partition coefficient (Wildman–Crippen LogP) is 1.86. The molecule has 0 aromatic heterocycles. The van der Waals surface area contributed by atoms with Gasteiger partial charge in [-0.2, -0.15) is 0 Å². The molecule has 0 saturated carbocycles. The summed E-state index contributed by atoms with van der Waals surface area (Å²) in [5.74, 6) is 0.719. The van der Waals surface area contributed by atoms with Crippen molar-refractivity contribution in [2.75, 3.05) is 13.6 Å². The van der Waals surface area contributed by atoms with Crippen LogP contribution in [0.5, 0.6) is 0 Å². The van der Waals surface area contributed by atoms with Crippen molar-refractivity contribution in [2.24, 2.45) is 4.99 Å². The number of nitrogens with zero attached hydrogens (tertiary/aromatic N) is 1. The number of rotatable bonds is 1. The monoisotopic (exact) mass is 206 g/mol. The van der Waals surface area contributed by atoms with Gasteiger partial charge in [0, 0.05) is 13.6 Å². The minimum Gasteiger partial charge on any atom is -0.373 e. The van der Waals surface area contributed by atoms with Crippen molar-refractivity contribution in [1.82, 2.24) is 5.32 Å². The number of aliphatic imine (C=N–C) groups is 1. The average molecular weight is 206 g/mol. The van der Waals surface area contributed by atoms with Gasteiger partial charge in [0.15, 0.2) is 5.78 Å². The molecule has 0 spiro atoms. The molecule has 1 aliphatic heterocycles. The van der Waals surface area contributed by atoms with Crippen molar-refractivity contribution in [1.29, 1.82) is 0 Å². The molecule has 0 fully saturated rings. The molecular formula is C12H18N2O. The topological polar surface area (TPSA) is 41.5 Å². The van der Waals surface area contributed by atoms with Crippen LogP contribution in [0.15, 0.2) is 28.8 Å². The molecule has 15 heavy (non-hydrogen) atoms. The van der Waals surface area contributed by atoms with Crippen molar-refractivity contribution in [2.45, 2.75) is 26.2 Å². The molecule has 0 unspecified atom stereocenters. The highest BCUT2D eigenvalue weighted by molar-refractivity contribution is 6.20. The van der Waals surface area contributed by atoms with Gasteiger partial charge in [-0.3, -0.25) is 9.79 Å². The number of allylic oxidation sites excluding steroid dienone is 2. The van der Waals surface area contributed by atoms with Gasteiger partial charge in [0.2, 0.25) is 0 Å². The first-order valence-electron chi connectivity index (χ1n) is 5.28. The van der Waals surface area contributed by atoms with Gasteiger partial charge in [-0.15, -0.1) is 0 Å². The molecule has 0 aromatic rings. The second kappa shape index (κ2) is 5.49. The molecule has 0 atom stereocenters. The number of amidine groups is 1. The maximum atomic E-state index is 11.5. The van der Waals surface area contributed by atoms with Gasteiger partial charge in [-0.1, -0.05) is 12.2 Å². The fourth-order valence-corrected chi connectivity index (χ4v) is 1.57. The SMILES string of the molecule is C=C1/C=C(C(C)=O)\C(NC)=N/CCCC1. The van der Waals surface area contributed by atoms with E-state index in [1.54, 1.807) is 14.0 Å². The molecule has 0 aliphatic carbocycles. The Morgan fingerprint density at radius 1 is 1.53 bits per heavy atom. The number of likely N-dealkylation sites (N-methyl/N-ethyl adjacent to an activating group) is 1. The zero-order chi connectivity index (χ0) is 11.3. The Hall–Kier alpha value is -1.38. The van der Waals surface area contributed by atoms with Crippen LogP contribution in [0.2, 0.25) is 0 Å². The number of nitrogens with one attached hydrogen (secondary N) is 1. The third kappa shape index (κ3) is 3.35. The van der Waals surface area contributed by atoms with Gasteiger partial charge in [0.05, 0.1) is 5.57 Å². The van der Waals surface area contributed by atoms with Crippen LogP contribution >= 0.6 is 0 Å². The molecule has 1 aliphatic rings. The van der Waals surface area contributed by atoms with Crippen LogP contribution in [-0.4, -0.2) is 25.2 Å². The molecule has 0 radical (unpaired) electrons. The lowest BCUT2D eigenvalue weighted by Gasteiger charge is -2.07. The van der Waals surface area contributed by atoms with Crippen LogP contribution in [0, 0.1) is 0 Å². The first-order valence-corrected chi connectivity index (χ1v) is 5.28. The maximum Gasteiger partial charge on any atom is 0.163 e. The summed E-state index contributed by atoms with van der Waals surface area (Å²) in [7, 11) is 1.79. The summed E-state index contributed by atoms with van der Waals surface area (Å²) in [5, 5.41) is 2.97. The minimum atomic E-state index is 0.0335. The van der Waals surface area contributed by atoms with E-state index in [4.69, 9.17) is 0 Å². The third-order valence-corrected chi connectivity index (χ3v) is 2.40. The highest BCUT2D eigenvalue weighted by atomic mass is 16.1. The zero-order valence-corrected chi connectivity index (χ0v) is 9.47. The molecule has 3 heteroatoms. The summed E-state index contributed by atoms with van der Waals surface area (Å²) in [5.41, 5.74) is 1.65. The molecular weight excluding hydrogens is 188 g/mol. The van der Waals surface area contributed by atoms with Gasteiger partial charge >= 0.3 is 0 Å². The molecule has 0 aromatic carbocycles. The first kappa shape index (κ1) is 11.7. The lowest BCUT2D eigenvalue weighted by Crippen LogP contribution is -2.24. The molecule has 1 heterocycles. The Kier molecular flexibility index (Phi) is 4.28. The number of Topliss-reactive ketones (excluding diaryl/α,β-unsaturated/α-hetero) is 1. The summed E-state index contributed by atoms with van der Waals surface area (Å²) in [6.07, 6.45) is 4.93. The average Bonchev–Trinajstić information content (AvgIpc) is 2.28. The van der Waals surface area contributed by atoms with E-state index < -0.39 is 0 Å². The van der Waals surface area contributed by atoms with E-state index >= 15 is 0 Å². The van der Waals surface area contributed by atoms with Crippen molar-refractivity contribution in [3.63, 3.8) is 0 Å². The van der Waals surface area contributed by atoms with E-state index in [1.807, 2.05) is 6.08 Å². The van der Waals surface area contributed by atoms with Crippen molar-refractivity contribution in [3.05, 3.63) is 23.8 Å². The fourth-order valence-electron chi connectivity index (χ4n) is 1.57. The second-order valence-electron chi connectivity index (χ2n) is 3.71. The number of carbonyl (C=O) groups excluding carboxylic acids is 1. The molecule has 1 N–H and O–H groups in total. The van der Waals surface area contributed by atoms with Gasteiger partial charge in [-0.25, -0.2) is 0 Å². The van der Waals surface area contributed by atoms with Gasteiger partial charge < -0.3 is 5.32 Å². The van der Waals surface area contributed by atoms with Crippen LogP contribution in [0.4, 0.5) is 0 Å². The third-order valence-electron chi connectivity index (χ3n) is 2.40. The number of ketones is 1. The Labute approximate surface area is 91.0 Å². The van der Waals surface area contributed by atoms with E-state index in [0.717, 1.165) is 31.4 Å². The Balaban J connectivity index is 3.04. The van der Waals surface area contributed by atoms with Crippen molar-refractivity contribution >= 4 is 11.6 Å². The van der Waals surface area contributed by atoms with Gasteiger partial charge in [0.1, 0.15) is 5.84 Å². The Morgan fingerprint density at radius 2 is 2.27 bits per heavy atom. The Morgan fingerprint density at radius 3 is 2.87 bits per heavy atom. The molecule has 0 saturated heterocycles. The van der Waals surface area contributed by atoms with Gasteiger partial charge in [0.25, 0.3) is 0 Å². The smallest absolute Gasteiger partial charge is 0.163 e. The summed E-state index contributed by atoms with van der Waals surface area (Å²) in [4.78, 5) is 15.8. The summed E-state index contributed by atoms with van der Waals surface area (Å²) >= 11 is 0. The van der Waals surface area contributed by atoms with E-state index in [9.17, 15) is 4.79 Å². The predicted molar refractivity (Wildman–Crippen MR) is 63.1 cm³/mol. The van der Waals surface area contributed by atoms with E-state index in [1.165, 1.54) is 0 Å². The van der Waals surface area contributed by atoms with E-state index in [0.29, 0.717) is 11.4 Å². The fraction of sp³-hybridized carbons (Fsp3) is 0.500. The summed E-state index contributed by atoms with van der Waals surface area (Å²) in [6.45, 7) is 6.28. The van der Waals surface area contributed by atoms with Crippen molar-refractivity contribution < 1.29 is 4.79 Å². The van der Waals surface area contributed by atoms with Crippen LogP contribution in [0.3, 0.4) is 0 Å². The number of carbonyl (C=O) groups is 1. The zero-order valence-electron chi connectivity index (χ0n) is 9.47. The van der Waals surface area contributed by atoms with E-state index in [-0.39, 0.29) is 5.78 Å². The normalized spacial score (nSPS) is 25.1. The highest BCUT2D eigenvalue weighted by Crippen LogP contribution is 2.13. The molecule has 0 amide bonds. The lowest BCUT2D eigenvalue weighted by molar-refractivity contribution is -0.113. The minimum absolute atomic E-state index is 0.0335. The van der Waals surface area contributed by atoms with Crippen LogP contribution in [0.25, 0.3) is 0 Å². The molecule has 82 valence electrons. The highest BCUT2D eigenvalue weighted by Gasteiger charge is 2.12. The van der Waals surface area contributed by atoms with Crippen LogP contribution in [-0.2, 0) is 4.79 Å². The summed E-state index contributed by atoms with van der Waals surface area (Å²) < 4.78 is 0. The number of hydrogen-bond acceptors (Lipinski definition) is 3. The lowest BCUT2D eigenvalue weighted by atomic mass is 10.0. The van der Waals surface area contributed by atoms with Crippen molar-refractivity contribution in [3.8, 4) is 0 Å². The summed E-state index contributed by atoms with van der Waals surface area (Å²) in [6, 6.07) is 0. The standard InChI is InChI=1S/C12H18N2O/c1-9-6-4-5-7-14-12(13-3)11(8-9)10(2)15/h8H,1,4-7H2,2-3H3,(H,13,14)/b11-8-. The largest absolute Gasteiger partial charge is 0.373 e. The molecule has 3 nitrogen and oxygen atoms in total. The number of hydrogen-bond donors (Lipinski definition) is 1. The van der Waals surface area contributed by atoms with Gasteiger partial charge in [-0.05, 0) is 32.3 Å². The molecule has 0 bridgehead atoms. The molecule has 1 rings (SSSR count). The van der Waals surface area contributed by atoms with E-state index in [2.05, 4.69) is 16.9 Å². The quantitative estimate of drug-likeness (QED) is 0.711.